The maximum absolute atomic E-state index is 5.29. The molecule has 1 aromatic carbocycles. The predicted octanol–water partition coefficient (Wildman–Crippen LogP) is 1.44. The molecular formula is C11H16N2O2. The number of nitrogens with one attached hydrogen (secondary N) is 2. The first-order chi connectivity index (χ1) is 7.40. The van der Waals surface area contributed by atoms with Crippen LogP contribution in [-0.4, -0.2) is 26.4 Å². The molecule has 0 amide bonds. The second kappa shape index (κ2) is 4.89. The fraction of sp³-hybridized carbons (Fsp3) is 0.455. The van der Waals surface area contributed by atoms with Gasteiger partial charge in [0.05, 0.1) is 0 Å². The van der Waals surface area contributed by atoms with Crippen LogP contribution in [0, 0.1) is 0 Å². The van der Waals surface area contributed by atoms with Gasteiger partial charge in [-0.25, -0.2) is 0 Å². The molecule has 2 N–H and O–H groups in total. The highest BCUT2D eigenvalue weighted by Crippen LogP contribution is 2.33. The molecule has 0 aromatic heterocycles. The molecule has 1 aliphatic rings. The Morgan fingerprint density at radius 2 is 2.07 bits per heavy atom. The van der Waals surface area contributed by atoms with Gasteiger partial charge in [0.1, 0.15) is 0 Å². The molecule has 0 unspecified atom stereocenters. The Labute approximate surface area is 89.6 Å². The van der Waals surface area contributed by atoms with E-state index in [0.717, 1.165) is 36.8 Å². The maximum Gasteiger partial charge on any atom is 0.231 e. The third kappa shape index (κ3) is 2.53. The molecular weight excluding hydrogens is 192 g/mol. The summed E-state index contributed by atoms with van der Waals surface area (Å²) in [5.74, 6) is 1.65. The number of ether oxygens (including phenoxy) is 2. The van der Waals surface area contributed by atoms with E-state index in [2.05, 4.69) is 17.6 Å². The van der Waals surface area contributed by atoms with E-state index in [9.17, 15) is 0 Å². The lowest BCUT2D eigenvalue weighted by molar-refractivity contribution is 0.174. The van der Waals surface area contributed by atoms with E-state index < -0.39 is 0 Å². The van der Waals surface area contributed by atoms with Crippen molar-refractivity contribution in [3.63, 3.8) is 0 Å². The average molecular weight is 208 g/mol. The van der Waals surface area contributed by atoms with Crippen LogP contribution in [0.2, 0.25) is 0 Å². The van der Waals surface area contributed by atoms with Crippen molar-refractivity contribution in [2.45, 2.75) is 6.92 Å². The van der Waals surface area contributed by atoms with Gasteiger partial charge in [0.15, 0.2) is 11.5 Å². The molecule has 82 valence electrons. The Balaban J connectivity index is 1.87. The lowest BCUT2D eigenvalue weighted by Gasteiger charge is -2.07. The van der Waals surface area contributed by atoms with Crippen molar-refractivity contribution in [1.29, 1.82) is 0 Å². The second-order valence-electron chi connectivity index (χ2n) is 3.35. The van der Waals surface area contributed by atoms with E-state index >= 15 is 0 Å². The highest BCUT2D eigenvalue weighted by atomic mass is 16.7. The minimum Gasteiger partial charge on any atom is -0.454 e. The van der Waals surface area contributed by atoms with Gasteiger partial charge in [-0.3, -0.25) is 0 Å². The summed E-state index contributed by atoms with van der Waals surface area (Å²) in [6, 6.07) is 5.89. The Morgan fingerprint density at radius 1 is 1.20 bits per heavy atom. The molecule has 0 fully saturated rings. The molecule has 0 aliphatic carbocycles. The van der Waals surface area contributed by atoms with Crippen LogP contribution in [0.3, 0.4) is 0 Å². The number of rotatable bonds is 5. The maximum atomic E-state index is 5.29. The SMILES string of the molecule is CCNCCNc1ccc2c(c1)OCO2. The van der Waals surface area contributed by atoms with Crippen LogP contribution >= 0.6 is 0 Å². The van der Waals surface area contributed by atoms with Crippen LogP contribution in [0.15, 0.2) is 18.2 Å². The van der Waals surface area contributed by atoms with Crippen LogP contribution in [-0.2, 0) is 0 Å². The monoisotopic (exact) mass is 208 g/mol. The molecule has 0 bridgehead atoms. The molecule has 2 rings (SSSR count). The topological polar surface area (TPSA) is 42.5 Å². The number of likely N-dealkylation sites (N-methyl/N-ethyl adjacent to an activating group) is 1. The molecule has 0 radical (unpaired) electrons. The van der Waals surface area contributed by atoms with Gasteiger partial charge >= 0.3 is 0 Å². The molecule has 4 heteroatoms. The molecule has 15 heavy (non-hydrogen) atoms. The van der Waals surface area contributed by atoms with Gasteiger partial charge in [-0.2, -0.15) is 0 Å². The third-order valence-electron chi connectivity index (χ3n) is 2.25. The largest absolute Gasteiger partial charge is 0.454 e. The smallest absolute Gasteiger partial charge is 0.231 e. The number of benzene rings is 1. The van der Waals surface area contributed by atoms with E-state index in [1.807, 2.05) is 18.2 Å². The Kier molecular flexibility index (Phi) is 3.29. The summed E-state index contributed by atoms with van der Waals surface area (Å²) >= 11 is 0. The zero-order chi connectivity index (χ0) is 10.5. The third-order valence-corrected chi connectivity index (χ3v) is 2.25. The molecule has 4 nitrogen and oxygen atoms in total. The van der Waals surface area contributed by atoms with Crippen molar-refractivity contribution in [2.75, 3.05) is 31.7 Å². The number of anilines is 1. The molecule has 0 spiro atoms. The second-order valence-corrected chi connectivity index (χ2v) is 3.35. The standard InChI is InChI=1S/C11H16N2O2/c1-2-12-5-6-13-9-3-4-10-11(7-9)15-8-14-10/h3-4,7,12-13H,2,5-6,8H2,1H3. The Hall–Kier alpha value is -1.42. The number of hydrogen-bond donors (Lipinski definition) is 2. The van der Waals surface area contributed by atoms with Crippen molar-refractivity contribution in [1.82, 2.24) is 5.32 Å². The lowest BCUT2D eigenvalue weighted by atomic mass is 10.3. The van der Waals surface area contributed by atoms with Gasteiger partial charge in [-0.1, -0.05) is 6.92 Å². The fourth-order valence-electron chi connectivity index (χ4n) is 1.48. The minimum absolute atomic E-state index is 0.330. The highest BCUT2D eigenvalue weighted by molar-refractivity contribution is 5.55. The van der Waals surface area contributed by atoms with Crippen molar-refractivity contribution in [3.8, 4) is 11.5 Å². The number of hydrogen-bond acceptors (Lipinski definition) is 4. The molecule has 1 aliphatic heterocycles. The van der Waals surface area contributed by atoms with Gasteiger partial charge in [0.2, 0.25) is 6.79 Å². The highest BCUT2D eigenvalue weighted by Gasteiger charge is 2.12. The average Bonchev–Trinajstić information content (AvgIpc) is 2.71. The van der Waals surface area contributed by atoms with Gasteiger partial charge in [0.25, 0.3) is 0 Å². The molecule has 0 saturated heterocycles. The van der Waals surface area contributed by atoms with Crippen LogP contribution in [0.5, 0.6) is 11.5 Å². The van der Waals surface area contributed by atoms with Crippen LogP contribution in [0.4, 0.5) is 5.69 Å². The Bertz CT molecular complexity index is 328. The summed E-state index contributed by atoms with van der Waals surface area (Å²) in [7, 11) is 0. The first kappa shape index (κ1) is 10.1. The van der Waals surface area contributed by atoms with Crippen molar-refractivity contribution >= 4 is 5.69 Å². The van der Waals surface area contributed by atoms with Crippen LogP contribution < -0.4 is 20.1 Å². The van der Waals surface area contributed by atoms with E-state index in [1.54, 1.807) is 0 Å². The summed E-state index contributed by atoms with van der Waals surface area (Å²) in [5.41, 5.74) is 1.07. The van der Waals surface area contributed by atoms with Crippen molar-refractivity contribution in [2.24, 2.45) is 0 Å². The Morgan fingerprint density at radius 3 is 2.93 bits per heavy atom. The van der Waals surface area contributed by atoms with Gasteiger partial charge in [-0.05, 0) is 18.7 Å². The van der Waals surface area contributed by atoms with Crippen LogP contribution in [0.1, 0.15) is 6.92 Å². The van der Waals surface area contributed by atoms with Gasteiger partial charge < -0.3 is 20.1 Å². The van der Waals surface area contributed by atoms with Gasteiger partial charge in [0, 0.05) is 24.8 Å². The first-order valence-electron chi connectivity index (χ1n) is 5.24. The predicted molar refractivity (Wildman–Crippen MR) is 59.6 cm³/mol. The zero-order valence-corrected chi connectivity index (χ0v) is 8.88. The van der Waals surface area contributed by atoms with Crippen molar-refractivity contribution in [3.05, 3.63) is 18.2 Å². The molecule has 0 saturated carbocycles. The summed E-state index contributed by atoms with van der Waals surface area (Å²) in [5, 5.41) is 6.56. The summed E-state index contributed by atoms with van der Waals surface area (Å²) in [6.07, 6.45) is 0. The quantitative estimate of drug-likeness (QED) is 0.718. The van der Waals surface area contributed by atoms with Crippen LogP contribution in [0.25, 0.3) is 0 Å². The normalized spacial score (nSPS) is 12.9. The molecule has 1 aromatic rings. The minimum atomic E-state index is 0.330. The number of fused-ring (bicyclic) bond motifs is 1. The van der Waals surface area contributed by atoms with E-state index in [4.69, 9.17) is 9.47 Å². The lowest BCUT2D eigenvalue weighted by Crippen LogP contribution is -2.21. The van der Waals surface area contributed by atoms with E-state index in [0.29, 0.717) is 6.79 Å². The van der Waals surface area contributed by atoms with E-state index in [1.165, 1.54) is 0 Å². The zero-order valence-electron chi connectivity index (χ0n) is 8.88. The van der Waals surface area contributed by atoms with E-state index in [-0.39, 0.29) is 0 Å². The summed E-state index contributed by atoms with van der Waals surface area (Å²) < 4.78 is 10.5. The van der Waals surface area contributed by atoms with Gasteiger partial charge in [-0.15, -0.1) is 0 Å². The molecule has 0 atom stereocenters. The molecule has 1 heterocycles. The first-order valence-corrected chi connectivity index (χ1v) is 5.24. The fourth-order valence-corrected chi connectivity index (χ4v) is 1.48. The summed E-state index contributed by atoms with van der Waals surface area (Å²) in [4.78, 5) is 0. The van der Waals surface area contributed by atoms with Crippen molar-refractivity contribution < 1.29 is 9.47 Å². The summed E-state index contributed by atoms with van der Waals surface area (Å²) in [6.45, 7) is 5.30.